The number of piperazine rings is 1. The van der Waals surface area contributed by atoms with E-state index in [0.717, 1.165) is 37.6 Å². The second-order valence-corrected chi connectivity index (χ2v) is 11.7. The lowest BCUT2D eigenvalue weighted by Crippen LogP contribution is -2.43. The zero-order chi connectivity index (χ0) is 26.3. The number of aromatic nitrogens is 1. The van der Waals surface area contributed by atoms with Crippen molar-refractivity contribution < 1.29 is 27.9 Å². The van der Waals surface area contributed by atoms with Gasteiger partial charge in [-0.1, -0.05) is 17.3 Å². The van der Waals surface area contributed by atoms with Crippen molar-refractivity contribution in [1.82, 2.24) is 19.5 Å². The van der Waals surface area contributed by atoms with Crippen molar-refractivity contribution in [1.29, 1.82) is 0 Å². The third kappa shape index (κ3) is 7.77. The molecule has 2 aliphatic heterocycles. The number of aliphatic hydroxyl groups excluding tert-OH is 1. The second-order valence-electron chi connectivity index (χ2n) is 8.84. The highest BCUT2D eigenvalue weighted by atomic mass is 32.2. The number of nitrogens with one attached hydrogen (secondary N) is 2. The number of carbonyl (C=O) groups is 1. The van der Waals surface area contributed by atoms with Gasteiger partial charge in [-0.3, -0.25) is 15.0 Å². The quantitative estimate of drug-likeness (QED) is 0.265. The van der Waals surface area contributed by atoms with Gasteiger partial charge in [-0.2, -0.15) is 0 Å². The average Bonchev–Trinajstić information content (AvgIpc) is 3.57. The largest absolute Gasteiger partial charge is 0.395 e. The Bertz CT molecular complexity index is 1170. The Morgan fingerprint density at radius 3 is 2.70 bits per heavy atom. The fourth-order valence-corrected chi connectivity index (χ4v) is 5.70. The molecule has 0 spiro atoms. The summed E-state index contributed by atoms with van der Waals surface area (Å²) in [5, 5.41) is 16.2. The molecule has 0 bridgehead atoms. The average molecular weight is 553 g/mol. The number of ether oxygens (including phenoxy) is 1. The maximum absolute atomic E-state index is 13.2. The van der Waals surface area contributed by atoms with Crippen LogP contribution in [0, 0.1) is 0 Å². The molecule has 2 aliphatic rings. The summed E-state index contributed by atoms with van der Waals surface area (Å²) in [6.07, 6.45) is 2.16. The number of anilines is 1. The van der Waals surface area contributed by atoms with Crippen LogP contribution in [0.5, 0.6) is 0 Å². The molecule has 0 unspecified atom stereocenters. The monoisotopic (exact) mass is 552 g/mol. The minimum atomic E-state index is -3.78. The summed E-state index contributed by atoms with van der Waals surface area (Å²) < 4.78 is 32.2. The predicted molar refractivity (Wildman–Crippen MR) is 139 cm³/mol. The molecule has 1 amide bonds. The van der Waals surface area contributed by atoms with Crippen LogP contribution in [0.2, 0.25) is 0 Å². The van der Waals surface area contributed by atoms with Gasteiger partial charge in [0.25, 0.3) is 5.91 Å². The predicted octanol–water partition coefficient (Wildman–Crippen LogP) is 0.309. The lowest BCUT2D eigenvalue weighted by molar-refractivity contribution is -0.110. The number of benzene rings is 1. The van der Waals surface area contributed by atoms with Crippen molar-refractivity contribution in [2.75, 3.05) is 64.9 Å². The molecule has 3 N–H and O–H groups in total. The van der Waals surface area contributed by atoms with Gasteiger partial charge in [-0.15, -0.1) is 11.3 Å². The van der Waals surface area contributed by atoms with Crippen molar-refractivity contribution in [3.05, 3.63) is 40.9 Å². The Morgan fingerprint density at radius 1 is 1.27 bits per heavy atom. The fraction of sp³-hybridized carbons (Fsp3) is 0.522. The number of nitrogens with zero attached hydrogens (tertiary/aromatic N) is 4. The van der Waals surface area contributed by atoms with Crippen LogP contribution in [0.25, 0.3) is 0 Å². The smallest absolute Gasteiger partial charge is 0.280 e. The lowest BCUT2D eigenvalue weighted by atomic mass is 10.1. The first-order chi connectivity index (χ1) is 17.8. The van der Waals surface area contributed by atoms with Gasteiger partial charge in [-0.05, 0) is 19.2 Å². The van der Waals surface area contributed by atoms with E-state index in [1.807, 2.05) is 0 Å². The highest BCUT2D eigenvalue weighted by Crippen LogP contribution is 2.21. The number of carbonyl (C=O) groups excluding carboxylic acids is 1. The van der Waals surface area contributed by atoms with Crippen molar-refractivity contribution >= 4 is 38.1 Å². The number of oxime groups is 1. The first kappa shape index (κ1) is 27.6. The molecular weight excluding hydrogens is 520 g/mol. The molecule has 202 valence electrons. The number of aliphatic hydroxyl groups is 1. The third-order valence-corrected chi connectivity index (χ3v) is 8.36. The molecule has 0 aliphatic carbocycles. The van der Waals surface area contributed by atoms with Crippen molar-refractivity contribution in [2.24, 2.45) is 5.16 Å². The Hall–Kier alpha value is -2.46. The summed E-state index contributed by atoms with van der Waals surface area (Å²) in [6, 6.07) is 5.71. The van der Waals surface area contributed by atoms with E-state index in [1.54, 1.807) is 6.20 Å². The van der Waals surface area contributed by atoms with Gasteiger partial charge in [0.05, 0.1) is 24.7 Å². The van der Waals surface area contributed by atoms with E-state index in [9.17, 15) is 13.2 Å². The lowest BCUT2D eigenvalue weighted by Gasteiger charge is -2.31. The summed E-state index contributed by atoms with van der Waals surface area (Å²) in [5.41, 5.74) is 0.377. The summed E-state index contributed by atoms with van der Waals surface area (Å²) in [6.45, 7) is 5.31. The van der Waals surface area contributed by atoms with E-state index < -0.39 is 15.9 Å². The number of sulfonamides is 1. The van der Waals surface area contributed by atoms with E-state index in [1.165, 1.54) is 35.6 Å². The van der Waals surface area contributed by atoms with E-state index in [4.69, 9.17) is 14.7 Å². The Kier molecular flexibility index (Phi) is 9.59. The molecule has 1 aromatic carbocycles. The Balaban J connectivity index is 1.47. The molecule has 1 atom stereocenters. The SMILES string of the molecule is CN1CCN(Cc2cnc(NC(=O)/C(=N/O[C@@H]3CCOC3)c3ccc(S(=O)(=O)NCCO)cc3)s2)CC1. The van der Waals surface area contributed by atoms with Gasteiger partial charge in [0.1, 0.15) is 0 Å². The summed E-state index contributed by atoms with van der Waals surface area (Å²) in [5.74, 6) is -0.520. The summed E-state index contributed by atoms with van der Waals surface area (Å²) >= 11 is 1.40. The van der Waals surface area contributed by atoms with E-state index in [0.29, 0.717) is 30.3 Å². The Morgan fingerprint density at radius 2 is 2.03 bits per heavy atom. The van der Waals surface area contributed by atoms with Crippen molar-refractivity contribution in [3.8, 4) is 0 Å². The second kappa shape index (κ2) is 12.9. The van der Waals surface area contributed by atoms with Crippen molar-refractivity contribution in [2.45, 2.75) is 24.0 Å². The number of hydrogen-bond acceptors (Lipinski definition) is 11. The number of rotatable bonds is 11. The van der Waals surface area contributed by atoms with Gasteiger partial charge >= 0.3 is 0 Å². The number of hydrogen-bond donors (Lipinski definition) is 3. The maximum Gasteiger partial charge on any atom is 0.280 e. The van der Waals surface area contributed by atoms with E-state index in [2.05, 4.69) is 37.0 Å². The van der Waals surface area contributed by atoms with Crippen LogP contribution in [-0.4, -0.2) is 106 Å². The summed E-state index contributed by atoms with van der Waals surface area (Å²) in [4.78, 5) is 28.8. The van der Waals surface area contributed by atoms with Crippen LogP contribution in [0.4, 0.5) is 5.13 Å². The highest BCUT2D eigenvalue weighted by Gasteiger charge is 2.22. The molecule has 1 aromatic heterocycles. The minimum Gasteiger partial charge on any atom is -0.395 e. The Labute approximate surface area is 220 Å². The molecule has 0 radical (unpaired) electrons. The number of likely N-dealkylation sites (N-methyl/N-ethyl adjacent to an activating group) is 1. The third-order valence-electron chi connectivity index (χ3n) is 5.99. The van der Waals surface area contributed by atoms with E-state index in [-0.39, 0.29) is 29.9 Å². The number of thiazole rings is 1. The van der Waals surface area contributed by atoms with Crippen LogP contribution in [0.15, 0.2) is 40.5 Å². The molecule has 4 rings (SSSR count). The molecule has 37 heavy (non-hydrogen) atoms. The first-order valence-electron chi connectivity index (χ1n) is 12.0. The first-order valence-corrected chi connectivity index (χ1v) is 14.3. The van der Waals surface area contributed by atoms with Crippen LogP contribution < -0.4 is 10.0 Å². The topological polar surface area (TPSA) is 146 Å². The van der Waals surface area contributed by atoms with Crippen LogP contribution in [-0.2, 0) is 30.9 Å². The van der Waals surface area contributed by atoms with E-state index >= 15 is 0 Å². The zero-order valence-electron chi connectivity index (χ0n) is 20.6. The fourth-order valence-electron chi connectivity index (χ4n) is 3.82. The molecule has 3 heterocycles. The minimum absolute atomic E-state index is 0.00282. The van der Waals surface area contributed by atoms with Gasteiger partial charge in [0.15, 0.2) is 16.9 Å². The standard InChI is InChI=1S/C23H32N6O6S2/c1-28-8-10-29(11-9-28)15-19-14-24-23(36-19)26-22(31)21(27-35-18-6-13-34-16-18)17-2-4-20(5-3-17)37(32,33)25-7-12-30/h2-5,14,18,25,30H,6-13,15-16H2,1H3,(H,24,26,31)/b27-21+/t18-/m1/s1. The van der Waals surface area contributed by atoms with Gasteiger partial charge in [0, 0.05) is 62.3 Å². The molecule has 14 heteroatoms. The molecule has 2 aromatic rings. The van der Waals surface area contributed by atoms with Crippen LogP contribution >= 0.6 is 11.3 Å². The molecule has 0 saturated carbocycles. The van der Waals surface area contributed by atoms with Crippen LogP contribution in [0.1, 0.15) is 16.9 Å². The number of amides is 1. The van der Waals surface area contributed by atoms with Gasteiger partial charge < -0.3 is 19.6 Å². The van der Waals surface area contributed by atoms with Crippen LogP contribution in [0.3, 0.4) is 0 Å². The van der Waals surface area contributed by atoms with Gasteiger partial charge in [0.2, 0.25) is 10.0 Å². The van der Waals surface area contributed by atoms with Gasteiger partial charge in [-0.25, -0.2) is 18.1 Å². The zero-order valence-corrected chi connectivity index (χ0v) is 22.3. The molecule has 12 nitrogen and oxygen atoms in total. The molecule has 2 fully saturated rings. The molecular formula is C23H32N6O6S2. The van der Waals surface area contributed by atoms with Crippen molar-refractivity contribution in [3.63, 3.8) is 0 Å². The summed E-state index contributed by atoms with van der Waals surface area (Å²) in [7, 11) is -1.67. The maximum atomic E-state index is 13.2. The highest BCUT2D eigenvalue weighted by molar-refractivity contribution is 7.89. The molecule has 2 saturated heterocycles. The normalized spacial score (nSPS) is 19.7.